The van der Waals surface area contributed by atoms with Gasteiger partial charge in [-0.1, -0.05) is 29.3 Å². The summed E-state index contributed by atoms with van der Waals surface area (Å²) in [4.78, 5) is 15.6. The molecule has 1 aliphatic carbocycles. The minimum absolute atomic E-state index is 0.280. The van der Waals surface area contributed by atoms with Crippen molar-refractivity contribution in [1.29, 1.82) is 0 Å². The zero-order valence-corrected chi connectivity index (χ0v) is 8.27. The van der Waals surface area contributed by atoms with Crippen molar-refractivity contribution in [3.63, 3.8) is 0 Å². The Hall–Kier alpha value is -0.600. The van der Waals surface area contributed by atoms with E-state index in [1.54, 1.807) is 6.20 Å². The Kier molecular flexibility index (Phi) is 2.05. The standard InChI is InChI=1S/C9H7Cl2NO/c10-9(11)4-3-6-2-1-5-12-7(6)8(9)13/h1-2,5H,3-4H2. The lowest BCUT2D eigenvalue weighted by molar-refractivity contribution is 0.0955. The summed E-state index contributed by atoms with van der Waals surface area (Å²) >= 11 is 11.7. The van der Waals surface area contributed by atoms with Crippen LogP contribution in [0.2, 0.25) is 0 Å². The molecule has 0 aromatic carbocycles. The van der Waals surface area contributed by atoms with Gasteiger partial charge in [-0.3, -0.25) is 9.78 Å². The molecule has 0 bridgehead atoms. The molecule has 0 N–H and O–H groups in total. The molecule has 0 fully saturated rings. The van der Waals surface area contributed by atoms with Crippen LogP contribution in [0.5, 0.6) is 0 Å². The van der Waals surface area contributed by atoms with E-state index in [9.17, 15) is 4.79 Å². The third-order valence-corrected chi connectivity index (χ3v) is 2.87. The highest BCUT2D eigenvalue weighted by molar-refractivity contribution is 6.60. The number of carbonyl (C=O) groups excluding carboxylic acids is 1. The lowest BCUT2D eigenvalue weighted by atomic mass is 9.94. The van der Waals surface area contributed by atoms with Gasteiger partial charge in [0.1, 0.15) is 5.69 Å². The Balaban J connectivity index is 2.52. The normalized spacial score (nSPS) is 19.7. The van der Waals surface area contributed by atoms with Crippen LogP contribution in [0.1, 0.15) is 22.5 Å². The van der Waals surface area contributed by atoms with E-state index in [1.165, 1.54) is 0 Å². The number of hydrogen-bond donors (Lipinski definition) is 0. The van der Waals surface area contributed by atoms with Gasteiger partial charge in [0.05, 0.1) is 0 Å². The maximum atomic E-state index is 11.6. The summed E-state index contributed by atoms with van der Waals surface area (Å²) < 4.78 is -1.28. The first-order chi connectivity index (χ1) is 6.11. The minimum atomic E-state index is -1.28. The van der Waals surface area contributed by atoms with Crippen molar-refractivity contribution in [1.82, 2.24) is 4.98 Å². The highest BCUT2D eigenvalue weighted by Gasteiger charge is 2.39. The van der Waals surface area contributed by atoms with E-state index in [2.05, 4.69) is 4.98 Å². The number of pyridine rings is 1. The van der Waals surface area contributed by atoms with Crippen LogP contribution in [0.4, 0.5) is 0 Å². The summed E-state index contributed by atoms with van der Waals surface area (Å²) in [6.07, 6.45) is 2.75. The van der Waals surface area contributed by atoms with Gasteiger partial charge in [-0.15, -0.1) is 0 Å². The number of rotatable bonds is 0. The number of ketones is 1. The molecule has 0 amide bonds. The number of aromatic nitrogens is 1. The summed E-state index contributed by atoms with van der Waals surface area (Å²) in [5, 5.41) is 0. The number of hydrogen-bond acceptors (Lipinski definition) is 2. The molecule has 2 rings (SSSR count). The number of halogens is 2. The van der Waals surface area contributed by atoms with Gasteiger partial charge in [0, 0.05) is 6.20 Å². The van der Waals surface area contributed by atoms with Crippen LogP contribution in [0.15, 0.2) is 18.3 Å². The Morgan fingerprint density at radius 2 is 2.23 bits per heavy atom. The zero-order valence-electron chi connectivity index (χ0n) is 6.76. The van der Waals surface area contributed by atoms with Crippen molar-refractivity contribution in [3.8, 4) is 0 Å². The molecule has 68 valence electrons. The lowest BCUT2D eigenvalue weighted by Gasteiger charge is -2.23. The first-order valence-electron chi connectivity index (χ1n) is 3.98. The Bertz CT molecular complexity index is 362. The van der Waals surface area contributed by atoms with Gasteiger partial charge in [-0.2, -0.15) is 0 Å². The summed E-state index contributed by atoms with van der Waals surface area (Å²) in [6.45, 7) is 0. The van der Waals surface area contributed by atoms with Gasteiger partial charge in [0.25, 0.3) is 0 Å². The second kappa shape index (κ2) is 2.96. The third-order valence-electron chi connectivity index (χ3n) is 2.15. The van der Waals surface area contributed by atoms with Crippen LogP contribution in [0.25, 0.3) is 0 Å². The van der Waals surface area contributed by atoms with E-state index >= 15 is 0 Å². The Morgan fingerprint density at radius 3 is 3.00 bits per heavy atom. The van der Waals surface area contributed by atoms with Crippen molar-refractivity contribution < 1.29 is 4.79 Å². The molecule has 0 atom stereocenters. The van der Waals surface area contributed by atoms with Gasteiger partial charge < -0.3 is 0 Å². The fourth-order valence-electron chi connectivity index (χ4n) is 1.42. The molecule has 13 heavy (non-hydrogen) atoms. The molecule has 0 unspecified atom stereocenters. The molecule has 0 radical (unpaired) electrons. The molecular weight excluding hydrogens is 209 g/mol. The minimum Gasteiger partial charge on any atom is -0.289 e. The molecular formula is C9H7Cl2NO. The molecule has 0 aliphatic heterocycles. The third kappa shape index (κ3) is 1.45. The second-order valence-corrected chi connectivity index (χ2v) is 4.53. The molecule has 1 aromatic heterocycles. The number of Topliss-reactive ketones (excluding diaryl/α,β-unsaturated/α-hetero) is 1. The monoisotopic (exact) mass is 215 g/mol. The summed E-state index contributed by atoms with van der Waals surface area (Å²) in [7, 11) is 0. The van der Waals surface area contributed by atoms with E-state index in [0.29, 0.717) is 18.5 Å². The first-order valence-corrected chi connectivity index (χ1v) is 4.73. The topological polar surface area (TPSA) is 30.0 Å². The lowest BCUT2D eigenvalue weighted by Crippen LogP contribution is -2.32. The van der Waals surface area contributed by atoms with Gasteiger partial charge in [0.15, 0.2) is 4.33 Å². The van der Waals surface area contributed by atoms with E-state index in [4.69, 9.17) is 23.2 Å². The first kappa shape index (κ1) is 8.97. The van der Waals surface area contributed by atoms with Gasteiger partial charge in [-0.25, -0.2) is 0 Å². The average Bonchev–Trinajstić information content (AvgIpc) is 2.13. The molecule has 2 nitrogen and oxygen atoms in total. The van der Waals surface area contributed by atoms with Crippen LogP contribution >= 0.6 is 23.2 Å². The Labute approximate surface area is 85.9 Å². The highest BCUT2D eigenvalue weighted by atomic mass is 35.5. The van der Waals surface area contributed by atoms with Gasteiger partial charge in [0.2, 0.25) is 5.78 Å². The fourth-order valence-corrected chi connectivity index (χ4v) is 1.79. The molecule has 1 aliphatic rings. The maximum absolute atomic E-state index is 11.6. The average molecular weight is 216 g/mol. The largest absolute Gasteiger partial charge is 0.289 e. The number of aryl methyl sites for hydroxylation is 1. The number of carbonyl (C=O) groups is 1. The van der Waals surface area contributed by atoms with Crippen LogP contribution in [0.3, 0.4) is 0 Å². The molecule has 0 saturated carbocycles. The van der Waals surface area contributed by atoms with Crippen LogP contribution in [-0.2, 0) is 6.42 Å². The number of fused-ring (bicyclic) bond motifs is 1. The van der Waals surface area contributed by atoms with E-state index in [-0.39, 0.29) is 5.78 Å². The van der Waals surface area contributed by atoms with E-state index in [1.807, 2.05) is 12.1 Å². The smallest absolute Gasteiger partial charge is 0.217 e. The van der Waals surface area contributed by atoms with Crippen LogP contribution in [0, 0.1) is 0 Å². The molecule has 4 heteroatoms. The van der Waals surface area contributed by atoms with Crippen molar-refractivity contribution in [2.75, 3.05) is 0 Å². The summed E-state index contributed by atoms with van der Waals surface area (Å²) in [5.41, 5.74) is 1.35. The molecule has 0 spiro atoms. The number of alkyl halides is 2. The molecule has 1 heterocycles. The SMILES string of the molecule is O=C1c2ncccc2CCC1(Cl)Cl. The van der Waals surface area contributed by atoms with Crippen molar-refractivity contribution >= 4 is 29.0 Å². The van der Waals surface area contributed by atoms with Crippen LogP contribution in [-0.4, -0.2) is 15.1 Å². The van der Waals surface area contributed by atoms with Crippen LogP contribution < -0.4 is 0 Å². The summed E-state index contributed by atoms with van der Waals surface area (Å²) in [6, 6.07) is 3.69. The van der Waals surface area contributed by atoms with Crippen molar-refractivity contribution in [2.45, 2.75) is 17.2 Å². The van der Waals surface area contributed by atoms with Gasteiger partial charge >= 0.3 is 0 Å². The van der Waals surface area contributed by atoms with Gasteiger partial charge in [-0.05, 0) is 24.5 Å². The number of nitrogens with zero attached hydrogens (tertiary/aromatic N) is 1. The second-order valence-electron chi connectivity index (χ2n) is 3.04. The molecule has 1 aromatic rings. The molecule has 0 saturated heterocycles. The van der Waals surface area contributed by atoms with E-state index < -0.39 is 4.33 Å². The van der Waals surface area contributed by atoms with E-state index in [0.717, 1.165) is 5.56 Å². The summed E-state index contributed by atoms with van der Waals surface area (Å²) in [5.74, 6) is -0.280. The predicted molar refractivity (Wildman–Crippen MR) is 51.3 cm³/mol. The zero-order chi connectivity index (χ0) is 9.47. The maximum Gasteiger partial charge on any atom is 0.217 e. The Morgan fingerprint density at radius 1 is 1.46 bits per heavy atom. The highest BCUT2D eigenvalue weighted by Crippen LogP contribution is 2.35. The fraction of sp³-hybridized carbons (Fsp3) is 0.333. The van der Waals surface area contributed by atoms with Crippen molar-refractivity contribution in [2.24, 2.45) is 0 Å². The van der Waals surface area contributed by atoms with Crippen molar-refractivity contribution in [3.05, 3.63) is 29.6 Å². The predicted octanol–water partition coefficient (Wildman–Crippen LogP) is 2.38. The quantitative estimate of drug-likeness (QED) is 0.623.